The van der Waals surface area contributed by atoms with Crippen LogP contribution >= 0.6 is 0 Å². The smallest absolute Gasteiger partial charge is 0.329 e. The second-order valence-electron chi connectivity index (χ2n) is 8.53. The van der Waals surface area contributed by atoms with E-state index in [9.17, 15) is 14.4 Å². The zero-order valence-electron chi connectivity index (χ0n) is 17.7. The monoisotopic (exact) mass is 424 g/mol. The number of hydrogen-bond donors (Lipinski definition) is 1. The second-order valence-corrected chi connectivity index (χ2v) is 8.53. The lowest BCUT2D eigenvalue weighted by Gasteiger charge is -2.34. The van der Waals surface area contributed by atoms with Crippen LogP contribution in [-0.4, -0.2) is 41.4 Å². The number of nitrogens with zero attached hydrogens (tertiary/aromatic N) is 1. The molecule has 2 aliphatic rings. The summed E-state index contributed by atoms with van der Waals surface area (Å²) < 4.78 is 10.6. The Bertz CT molecular complexity index is 931. The maximum absolute atomic E-state index is 13.0. The molecule has 7 nitrogen and oxygen atoms in total. The number of benzene rings is 1. The van der Waals surface area contributed by atoms with Gasteiger partial charge in [0, 0.05) is 19.0 Å². The lowest BCUT2D eigenvalue weighted by molar-refractivity contribution is -0.153. The standard InChI is InChI=1S/C24H28N2O5/c1-16-8-10-19(11-9-16)25-22(27)15-31-24(29)20-13-17-5-2-3-6-18(17)14-26(20)23(28)21-7-4-12-30-21/h2-7,12,16,19-20H,8-11,13-15H2,1H3,(H,25,27). The summed E-state index contributed by atoms with van der Waals surface area (Å²) in [5, 5.41) is 2.96. The van der Waals surface area contributed by atoms with E-state index >= 15 is 0 Å². The minimum absolute atomic E-state index is 0.140. The van der Waals surface area contributed by atoms with Crippen LogP contribution in [0.1, 0.15) is 54.3 Å². The molecular formula is C24H28N2O5. The van der Waals surface area contributed by atoms with Crippen molar-refractivity contribution >= 4 is 17.8 Å². The first kappa shape index (κ1) is 21.2. The van der Waals surface area contributed by atoms with Gasteiger partial charge < -0.3 is 19.4 Å². The molecule has 0 radical (unpaired) electrons. The third kappa shape index (κ3) is 4.98. The van der Waals surface area contributed by atoms with Gasteiger partial charge in [-0.3, -0.25) is 9.59 Å². The second kappa shape index (κ2) is 9.37. The molecule has 2 aromatic rings. The SMILES string of the molecule is CC1CCC(NC(=O)COC(=O)C2Cc3ccccc3CN2C(=O)c2ccco2)CC1. The predicted octanol–water partition coefficient (Wildman–Crippen LogP) is 3.08. The molecule has 1 aromatic heterocycles. The Kier molecular flexibility index (Phi) is 6.39. The van der Waals surface area contributed by atoms with Crippen molar-refractivity contribution in [2.24, 2.45) is 5.92 Å². The topological polar surface area (TPSA) is 88.9 Å². The van der Waals surface area contributed by atoms with Crippen LogP contribution in [-0.2, 0) is 27.3 Å². The Hall–Kier alpha value is -3.09. The van der Waals surface area contributed by atoms with Gasteiger partial charge in [0.05, 0.1) is 6.26 Å². The summed E-state index contributed by atoms with van der Waals surface area (Å²) in [7, 11) is 0. The molecule has 164 valence electrons. The van der Waals surface area contributed by atoms with Gasteiger partial charge in [-0.15, -0.1) is 0 Å². The van der Waals surface area contributed by atoms with E-state index in [1.807, 2.05) is 24.3 Å². The maximum atomic E-state index is 13.0. The van der Waals surface area contributed by atoms with Crippen molar-refractivity contribution < 1.29 is 23.5 Å². The summed E-state index contributed by atoms with van der Waals surface area (Å²) in [6.07, 6.45) is 5.85. The molecule has 0 spiro atoms. The number of rotatable bonds is 5. The van der Waals surface area contributed by atoms with Crippen LogP contribution in [0, 0.1) is 5.92 Å². The molecule has 7 heteroatoms. The third-order valence-electron chi connectivity index (χ3n) is 6.24. The Labute approximate surface area is 181 Å². The number of ether oxygens (including phenoxy) is 1. The van der Waals surface area contributed by atoms with Crippen molar-refractivity contribution in [1.82, 2.24) is 10.2 Å². The van der Waals surface area contributed by atoms with Crippen molar-refractivity contribution in [3.63, 3.8) is 0 Å². The average molecular weight is 424 g/mol. The van der Waals surface area contributed by atoms with E-state index in [4.69, 9.17) is 9.15 Å². The highest BCUT2D eigenvalue weighted by atomic mass is 16.5. The van der Waals surface area contributed by atoms with Gasteiger partial charge in [-0.1, -0.05) is 31.2 Å². The van der Waals surface area contributed by atoms with E-state index in [0.717, 1.165) is 36.8 Å². The molecule has 1 fully saturated rings. The highest BCUT2D eigenvalue weighted by molar-refractivity contribution is 5.95. The largest absolute Gasteiger partial charge is 0.459 e. The van der Waals surface area contributed by atoms with Crippen molar-refractivity contribution in [3.05, 3.63) is 59.5 Å². The summed E-state index contributed by atoms with van der Waals surface area (Å²) in [4.78, 5) is 39.6. The van der Waals surface area contributed by atoms with Crippen LogP contribution in [0.5, 0.6) is 0 Å². The van der Waals surface area contributed by atoms with E-state index in [1.54, 1.807) is 12.1 Å². The van der Waals surface area contributed by atoms with Gasteiger partial charge in [-0.2, -0.15) is 0 Å². The lowest BCUT2D eigenvalue weighted by atomic mass is 9.87. The zero-order chi connectivity index (χ0) is 21.8. The Balaban J connectivity index is 1.40. The molecule has 1 aliphatic carbocycles. The number of nitrogens with one attached hydrogen (secondary N) is 1. The van der Waals surface area contributed by atoms with Crippen LogP contribution in [0.3, 0.4) is 0 Å². The maximum Gasteiger partial charge on any atom is 0.329 e. The summed E-state index contributed by atoms with van der Waals surface area (Å²) >= 11 is 0. The lowest BCUT2D eigenvalue weighted by Crippen LogP contribution is -2.50. The van der Waals surface area contributed by atoms with E-state index in [-0.39, 0.29) is 36.8 Å². The normalized spacial score (nSPS) is 23.0. The van der Waals surface area contributed by atoms with E-state index in [2.05, 4.69) is 12.2 Å². The number of carbonyl (C=O) groups excluding carboxylic acids is 3. The van der Waals surface area contributed by atoms with E-state index < -0.39 is 12.0 Å². The highest BCUT2D eigenvalue weighted by Gasteiger charge is 2.37. The van der Waals surface area contributed by atoms with Gasteiger partial charge in [0.15, 0.2) is 12.4 Å². The van der Waals surface area contributed by atoms with Gasteiger partial charge in [-0.05, 0) is 54.9 Å². The molecule has 1 unspecified atom stereocenters. The summed E-state index contributed by atoms with van der Waals surface area (Å²) in [6, 6.07) is 10.2. The fourth-order valence-corrected chi connectivity index (χ4v) is 4.40. The molecule has 0 saturated heterocycles. The first-order valence-corrected chi connectivity index (χ1v) is 10.9. The molecule has 31 heavy (non-hydrogen) atoms. The molecule has 0 bridgehead atoms. The minimum atomic E-state index is -0.809. The van der Waals surface area contributed by atoms with Crippen LogP contribution in [0.15, 0.2) is 47.1 Å². The number of carbonyl (C=O) groups is 3. The Morgan fingerprint density at radius 3 is 2.52 bits per heavy atom. The van der Waals surface area contributed by atoms with Crippen molar-refractivity contribution in [2.75, 3.05) is 6.61 Å². The highest BCUT2D eigenvalue weighted by Crippen LogP contribution is 2.26. The quantitative estimate of drug-likeness (QED) is 0.745. The molecular weight excluding hydrogens is 396 g/mol. The van der Waals surface area contributed by atoms with Gasteiger partial charge >= 0.3 is 5.97 Å². The summed E-state index contributed by atoms with van der Waals surface area (Å²) in [6.45, 7) is 2.16. The first-order valence-electron chi connectivity index (χ1n) is 10.9. The van der Waals surface area contributed by atoms with E-state index in [0.29, 0.717) is 12.3 Å². The molecule has 1 N–H and O–H groups in total. The number of hydrogen-bond acceptors (Lipinski definition) is 5. The average Bonchev–Trinajstić information content (AvgIpc) is 3.32. The van der Waals surface area contributed by atoms with Crippen LogP contribution in [0.4, 0.5) is 0 Å². The molecule has 4 rings (SSSR count). The number of fused-ring (bicyclic) bond motifs is 1. The van der Waals surface area contributed by atoms with Crippen molar-refractivity contribution in [1.29, 1.82) is 0 Å². The van der Waals surface area contributed by atoms with Crippen LogP contribution < -0.4 is 5.32 Å². The third-order valence-corrected chi connectivity index (χ3v) is 6.24. The van der Waals surface area contributed by atoms with Gasteiger partial charge in [0.1, 0.15) is 6.04 Å². The molecule has 2 amide bonds. The van der Waals surface area contributed by atoms with Crippen molar-refractivity contribution in [2.45, 2.75) is 57.7 Å². The Morgan fingerprint density at radius 1 is 1.06 bits per heavy atom. The summed E-state index contributed by atoms with van der Waals surface area (Å²) in [5.74, 6) is -0.392. The zero-order valence-corrected chi connectivity index (χ0v) is 17.7. The fourth-order valence-electron chi connectivity index (χ4n) is 4.40. The van der Waals surface area contributed by atoms with E-state index in [1.165, 1.54) is 11.2 Å². The predicted molar refractivity (Wildman–Crippen MR) is 113 cm³/mol. The number of furan rings is 1. The molecule has 2 heterocycles. The van der Waals surface area contributed by atoms with Crippen LogP contribution in [0.25, 0.3) is 0 Å². The number of esters is 1. The fraction of sp³-hybridized carbons (Fsp3) is 0.458. The van der Waals surface area contributed by atoms with Crippen molar-refractivity contribution in [3.8, 4) is 0 Å². The number of amides is 2. The van der Waals surface area contributed by atoms with Gasteiger partial charge in [0.2, 0.25) is 0 Å². The van der Waals surface area contributed by atoms with Gasteiger partial charge in [-0.25, -0.2) is 4.79 Å². The molecule has 1 aliphatic heterocycles. The summed E-state index contributed by atoms with van der Waals surface area (Å²) in [5.41, 5.74) is 1.98. The molecule has 1 atom stereocenters. The molecule has 1 aromatic carbocycles. The minimum Gasteiger partial charge on any atom is -0.459 e. The van der Waals surface area contributed by atoms with Crippen LogP contribution in [0.2, 0.25) is 0 Å². The molecule has 1 saturated carbocycles. The first-order chi connectivity index (χ1) is 15.0. The Morgan fingerprint density at radius 2 is 1.81 bits per heavy atom. The van der Waals surface area contributed by atoms with Gasteiger partial charge in [0.25, 0.3) is 11.8 Å².